The Morgan fingerprint density at radius 1 is 1.10 bits per heavy atom. The molecule has 1 N–H and O–H groups in total. The van der Waals surface area contributed by atoms with Crippen molar-refractivity contribution in [3.8, 4) is 17.0 Å². The lowest BCUT2D eigenvalue weighted by Crippen LogP contribution is -2.33. The fourth-order valence-electron chi connectivity index (χ4n) is 3.19. The molecule has 1 aromatic heterocycles. The molecule has 4 rings (SSSR count). The van der Waals surface area contributed by atoms with Gasteiger partial charge in [-0.25, -0.2) is 13.2 Å². The van der Waals surface area contributed by atoms with Crippen molar-refractivity contribution in [2.45, 2.75) is 6.61 Å². The molecule has 0 saturated carbocycles. The standard InChI is InChI=1S/C20H16IN3O6S/c21-23-19(25)13-31(28,29)24(23)17-11-15(16-7-4-10-22(16)20(26)27)8-9-18(17)30-12-14-5-2-1-3-6-14/h1-11H,12-13H2,(H,26,27). The number of carboxylic acid groups (broad SMARTS) is 1. The molecule has 11 heteroatoms. The van der Waals surface area contributed by atoms with Gasteiger partial charge in [-0.1, -0.05) is 30.3 Å². The van der Waals surface area contributed by atoms with Crippen molar-refractivity contribution in [2.24, 2.45) is 0 Å². The number of anilines is 1. The van der Waals surface area contributed by atoms with Crippen LogP contribution in [0, 0.1) is 0 Å². The summed E-state index contributed by atoms with van der Waals surface area (Å²) in [4.78, 5) is 23.6. The number of rotatable bonds is 5. The summed E-state index contributed by atoms with van der Waals surface area (Å²) in [6.45, 7) is 0.182. The normalized spacial score (nSPS) is 15.3. The average Bonchev–Trinajstić information content (AvgIpc) is 3.30. The van der Waals surface area contributed by atoms with Gasteiger partial charge < -0.3 is 9.84 Å². The zero-order valence-corrected chi connectivity index (χ0v) is 18.9. The van der Waals surface area contributed by atoms with Crippen LogP contribution in [0.25, 0.3) is 11.3 Å². The van der Waals surface area contributed by atoms with Crippen LogP contribution in [0.5, 0.6) is 5.75 Å². The predicted octanol–water partition coefficient (Wildman–Crippen LogP) is 3.50. The minimum absolute atomic E-state index is 0.117. The molecule has 31 heavy (non-hydrogen) atoms. The van der Waals surface area contributed by atoms with Crippen LogP contribution in [0.4, 0.5) is 10.5 Å². The first-order valence-corrected chi connectivity index (χ1v) is 11.6. The molecule has 1 saturated heterocycles. The van der Waals surface area contributed by atoms with Crippen molar-refractivity contribution in [2.75, 3.05) is 10.2 Å². The van der Waals surface area contributed by atoms with Gasteiger partial charge in [0, 0.05) is 11.8 Å². The summed E-state index contributed by atoms with van der Waals surface area (Å²) in [6.07, 6.45) is 0.211. The molecule has 3 aromatic rings. The Hall–Kier alpha value is -3.06. The fourth-order valence-corrected chi connectivity index (χ4v) is 5.94. The summed E-state index contributed by atoms with van der Waals surface area (Å²) in [5.74, 6) is -1.01. The number of amides is 1. The number of hydrogen-bond acceptors (Lipinski definition) is 5. The van der Waals surface area contributed by atoms with Crippen molar-refractivity contribution >= 4 is 50.6 Å². The Labute approximate surface area is 192 Å². The number of hydrazine groups is 1. The van der Waals surface area contributed by atoms with Crippen LogP contribution in [0.3, 0.4) is 0 Å². The summed E-state index contributed by atoms with van der Waals surface area (Å²) in [7, 11) is -3.96. The van der Waals surface area contributed by atoms with E-state index in [0.717, 1.165) is 17.8 Å². The first-order valence-electron chi connectivity index (χ1n) is 9.01. The van der Waals surface area contributed by atoms with Crippen LogP contribution in [-0.2, 0) is 21.4 Å². The van der Waals surface area contributed by atoms with E-state index in [1.165, 1.54) is 12.3 Å². The monoisotopic (exact) mass is 553 g/mol. The molecule has 0 radical (unpaired) electrons. The van der Waals surface area contributed by atoms with Crippen LogP contribution < -0.4 is 9.15 Å². The largest absolute Gasteiger partial charge is 0.487 e. The number of carbonyl (C=O) groups is 2. The SMILES string of the molecule is O=C1CS(=O)(=O)N(c2cc(-c3cccn3C(=O)O)ccc2OCc2ccccc2)N1I. The van der Waals surface area contributed by atoms with E-state index in [-0.39, 0.29) is 18.0 Å². The number of halogens is 1. The quantitative estimate of drug-likeness (QED) is 0.383. The number of nitrogens with zero attached hydrogens (tertiary/aromatic N) is 3. The lowest BCUT2D eigenvalue weighted by atomic mass is 10.1. The molecule has 1 aliphatic heterocycles. The number of aromatic nitrogens is 1. The summed E-state index contributed by atoms with van der Waals surface area (Å²) < 4.78 is 34.2. The molecular weight excluding hydrogens is 537 g/mol. The Morgan fingerprint density at radius 2 is 1.84 bits per heavy atom. The first kappa shape index (κ1) is 21.2. The maximum atomic E-state index is 12.7. The molecule has 2 aromatic carbocycles. The number of hydrogen-bond donors (Lipinski definition) is 1. The van der Waals surface area contributed by atoms with Gasteiger partial charge in [-0.15, -0.1) is 0 Å². The van der Waals surface area contributed by atoms with Crippen molar-refractivity contribution in [1.29, 1.82) is 0 Å². The van der Waals surface area contributed by atoms with Crippen LogP contribution in [0.1, 0.15) is 5.56 Å². The summed E-state index contributed by atoms with van der Waals surface area (Å²) in [5, 5.41) is 9.40. The van der Waals surface area contributed by atoms with E-state index in [4.69, 9.17) is 4.74 Å². The molecule has 1 aliphatic rings. The lowest BCUT2D eigenvalue weighted by molar-refractivity contribution is -0.121. The average molecular weight is 553 g/mol. The Kier molecular flexibility index (Phi) is 5.62. The van der Waals surface area contributed by atoms with Crippen molar-refractivity contribution in [3.63, 3.8) is 0 Å². The van der Waals surface area contributed by atoms with Crippen LogP contribution in [0.2, 0.25) is 0 Å². The minimum Gasteiger partial charge on any atom is -0.487 e. The Bertz CT molecular complexity index is 1260. The second-order valence-electron chi connectivity index (χ2n) is 6.66. The van der Waals surface area contributed by atoms with E-state index < -0.39 is 27.8 Å². The third-order valence-corrected chi connectivity index (χ3v) is 7.35. The highest BCUT2D eigenvalue weighted by molar-refractivity contribution is 14.1. The predicted molar refractivity (Wildman–Crippen MR) is 121 cm³/mol. The molecule has 9 nitrogen and oxygen atoms in total. The molecule has 160 valence electrons. The molecule has 0 spiro atoms. The Morgan fingerprint density at radius 3 is 2.48 bits per heavy atom. The van der Waals surface area contributed by atoms with Crippen molar-refractivity contribution < 1.29 is 27.9 Å². The van der Waals surface area contributed by atoms with Crippen molar-refractivity contribution in [1.82, 2.24) is 7.79 Å². The maximum Gasteiger partial charge on any atom is 0.415 e. The van der Waals surface area contributed by atoms with Crippen LogP contribution in [-0.4, -0.2) is 39.1 Å². The summed E-state index contributed by atoms with van der Waals surface area (Å²) in [6, 6.07) is 17.2. The van der Waals surface area contributed by atoms with E-state index >= 15 is 0 Å². The topological polar surface area (TPSA) is 109 Å². The minimum atomic E-state index is -3.96. The van der Waals surface area contributed by atoms with E-state index in [0.29, 0.717) is 11.3 Å². The number of ether oxygens (including phenoxy) is 1. The lowest BCUT2D eigenvalue weighted by Gasteiger charge is -2.25. The van der Waals surface area contributed by atoms with E-state index in [9.17, 15) is 23.1 Å². The zero-order chi connectivity index (χ0) is 22.2. The van der Waals surface area contributed by atoms with Crippen molar-refractivity contribution in [3.05, 3.63) is 72.4 Å². The van der Waals surface area contributed by atoms with Gasteiger partial charge in [-0.2, -0.15) is 7.64 Å². The molecule has 0 bridgehead atoms. The van der Waals surface area contributed by atoms with Crippen LogP contribution >= 0.6 is 22.9 Å². The highest BCUT2D eigenvalue weighted by Crippen LogP contribution is 2.39. The van der Waals surface area contributed by atoms with Gasteiger partial charge in [-0.3, -0.25) is 9.36 Å². The highest BCUT2D eigenvalue weighted by atomic mass is 127. The van der Waals surface area contributed by atoms with Gasteiger partial charge in [0.15, 0.2) is 5.75 Å². The van der Waals surface area contributed by atoms with Gasteiger partial charge >= 0.3 is 6.09 Å². The van der Waals surface area contributed by atoms with E-state index in [1.54, 1.807) is 47.1 Å². The molecular formula is C20H16IN3O6S. The number of sulfonamides is 1. The number of benzene rings is 2. The summed E-state index contributed by atoms with van der Waals surface area (Å²) in [5.41, 5.74) is 1.80. The fraction of sp³-hybridized carbons (Fsp3) is 0.100. The van der Waals surface area contributed by atoms with Gasteiger partial charge in [0.25, 0.3) is 15.9 Å². The molecule has 2 heterocycles. The number of carbonyl (C=O) groups excluding carboxylic acids is 1. The van der Waals surface area contributed by atoms with Gasteiger partial charge in [0.2, 0.25) is 0 Å². The maximum absolute atomic E-state index is 12.7. The molecule has 0 unspecified atom stereocenters. The second-order valence-corrected chi connectivity index (χ2v) is 9.37. The molecule has 1 fully saturated rings. The highest BCUT2D eigenvalue weighted by Gasteiger charge is 2.42. The molecule has 0 aliphatic carbocycles. The second kappa shape index (κ2) is 8.23. The molecule has 1 amide bonds. The smallest absolute Gasteiger partial charge is 0.415 e. The van der Waals surface area contributed by atoms with Gasteiger partial charge in [0.05, 0.1) is 28.6 Å². The van der Waals surface area contributed by atoms with Gasteiger partial charge in [0.1, 0.15) is 18.0 Å². The van der Waals surface area contributed by atoms with Crippen LogP contribution in [0.15, 0.2) is 66.9 Å². The zero-order valence-electron chi connectivity index (χ0n) is 15.9. The third-order valence-electron chi connectivity index (χ3n) is 4.59. The molecule has 0 atom stereocenters. The summed E-state index contributed by atoms with van der Waals surface area (Å²) >= 11 is 1.62. The third kappa shape index (κ3) is 4.10. The Balaban J connectivity index is 1.80. The first-order chi connectivity index (χ1) is 14.8. The van der Waals surface area contributed by atoms with E-state index in [1.807, 2.05) is 30.3 Å². The van der Waals surface area contributed by atoms with E-state index in [2.05, 4.69) is 0 Å². The van der Waals surface area contributed by atoms with Gasteiger partial charge in [-0.05, 0) is 35.9 Å².